The van der Waals surface area contributed by atoms with Gasteiger partial charge in [-0.3, -0.25) is 0 Å². The minimum absolute atomic E-state index is 0.595. The van der Waals surface area contributed by atoms with Crippen molar-refractivity contribution in [2.24, 2.45) is 0 Å². The van der Waals surface area contributed by atoms with Crippen LogP contribution in [0.15, 0.2) is 30.3 Å². The molecule has 0 N–H and O–H groups in total. The second-order valence-electron chi connectivity index (χ2n) is 3.83. The SMILES string of the molecule is [Cl][Zr]([Cl])[CH2]CCC1C=Cc2ccccc21. The molecule has 0 radical (unpaired) electrons. The van der Waals surface area contributed by atoms with Crippen molar-refractivity contribution in [1.82, 2.24) is 0 Å². The molecule has 0 bridgehead atoms. The van der Waals surface area contributed by atoms with Gasteiger partial charge in [0.1, 0.15) is 0 Å². The summed E-state index contributed by atoms with van der Waals surface area (Å²) in [5.41, 5.74) is 2.84. The molecule has 79 valence electrons. The van der Waals surface area contributed by atoms with Gasteiger partial charge in [0.05, 0.1) is 0 Å². The molecule has 0 spiro atoms. The van der Waals surface area contributed by atoms with Gasteiger partial charge < -0.3 is 0 Å². The number of fused-ring (bicyclic) bond motifs is 1. The molecule has 1 aromatic rings. The first-order chi connectivity index (χ1) is 7.27. The second-order valence-corrected chi connectivity index (χ2v) is 13.3. The standard InChI is InChI=1S/C12H13.2ClH.Zr/c1-2-5-10-8-9-11-6-3-4-7-12(10)11;;;/h3-4,6-10H,1-2,5H2;2*1H;/q;;;+2/p-2. The van der Waals surface area contributed by atoms with Gasteiger partial charge in [0.25, 0.3) is 0 Å². The van der Waals surface area contributed by atoms with Gasteiger partial charge in [-0.15, -0.1) is 0 Å². The summed E-state index contributed by atoms with van der Waals surface area (Å²) in [6, 6.07) is 8.61. The first-order valence-electron chi connectivity index (χ1n) is 5.21. The Kier molecular flexibility index (Phi) is 4.49. The fourth-order valence-electron chi connectivity index (χ4n) is 2.03. The molecule has 1 atom stereocenters. The van der Waals surface area contributed by atoms with E-state index < -0.39 is 19.4 Å². The predicted octanol–water partition coefficient (Wildman–Crippen LogP) is 4.92. The van der Waals surface area contributed by atoms with E-state index in [0.29, 0.717) is 5.92 Å². The van der Waals surface area contributed by atoms with Crippen molar-refractivity contribution in [3.05, 3.63) is 41.5 Å². The number of allylic oxidation sites excluding steroid dienone is 1. The van der Waals surface area contributed by atoms with Crippen LogP contribution in [0, 0.1) is 0 Å². The van der Waals surface area contributed by atoms with Crippen LogP contribution in [0.2, 0.25) is 4.13 Å². The molecule has 0 aliphatic heterocycles. The van der Waals surface area contributed by atoms with Crippen molar-refractivity contribution in [1.29, 1.82) is 0 Å². The number of hydrogen-bond acceptors (Lipinski definition) is 0. The van der Waals surface area contributed by atoms with Crippen LogP contribution in [-0.2, 0) is 19.4 Å². The van der Waals surface area contributed by atoms with Crippen LogP contribution >= 0.6 is 17.0 Å². The monoisotopic (exact) mass is 317 g/mol. The maximum atomic E-state index is 5.91. The summed E-state index contributed by atoms with van der Waals surface area (Å²) in [6.07, 6.45) is 6.89. The average Bonchev–Trinajstić information content (AvgIpc) is 2.62. The predicted molar refractivity (Wildman–Crippen MR) is 64.0 cm³/mol. The quantitative estimate of drug-likeness (QED) is 0.739. The van der Waals surface area contributed by atoms with E-state index in [9.17, 15) is 0 Å². The third kappa shape index (κ3) is 3.19. The zero-order chi connectivity index (χ0) is 10.7. The van der Waals surface area contributed by atoms with Crippen molar-refractivity contribution < 1.29 is 19.4 Å². The maximum absolute atomic E-state index is 5.91. The third-order valence-electron chi connectivity index (χ3n) is 2.78. The van der Waals surface area contributed by atoms with Crippen molar-refractivity contribution in [2.75, 3.05) is 0 Å². The molecule has 0 aromatic heterocycles. The molecule has 1 unspecified atom stereocenters. The molecule has 0 heterocycles. The van der Waals surface area contributed by atoms with Gasteiger partial charge in [0, 0.05) is 0 Å². The van der Waals surface area contributed by atoms with E-state index in [-0.39, 0.29) is 0 Å². The Morgan fingerprint density at radius 3 is 2.80 bits per heavy atom. The van der Waals surface area contributed by atoms with Crippen LogP contribution in [0.5, 0.6) is 0 Å². The molecular weight excluding hydrogens is 306 g/mol. The Bertz CT molecular complexity index is 360. The zero-order valence-electron chi connectivity index (χ0n) is 8.42. The Morgan fingerprint density at radius 1 is 1.20 bits per heavy atom. The van der Waals surface area contributed by atoms with Gasteiger partial charge in [0.15, 0.2) is 0 Å². The van der Waals surface area contributed by atoms with Crippen LogP contribution in [0.3, 0.4) is 0 Å². The van der Waals surface area contributed by atoms with Gasteiger partial charge in [-0.2, -0.15) is 0 Å². The Hall–Kier alpha value is 0.423. The van der Waals surface area contributed by atoms with E-state index in [1.807, 2.05) is 0 Å². The minimum atomic E-state index is -1.89. The van der Waals surface area contributed by atoms with Crippen molar-refractivity contribution >= 4 is 23.1 Å². The van der Waals surface area contributed by atoms with Crippen LogP contribution in [0.25, 0.3) is 6.08 Å². The molecule has 2 rings (SSSR count). The number of benzene rings is 1. The summed E-state index contributed by atoms with van der Waals surface area (Å²) in [5.74, 6) is 0.595. The third-order valence-corrected chi connectivity index (χ3v) is 6.82. The Labute approximate surface area is 106 Å². The number of halogens is 2. The second kappa shape index (κ2) is 5.66. The topological polar surface area (TPSA) is 0 Å². The zero-order valence-corrected chi connectivity index (χ0v) is 12.4. The summed E-state index contributed by atoms with van der Waals surface area (Å²) >= 11 is -1.89. The molecule has 3 heteroatoms. The van der Waals surface area contributed by atoms with Gasteiger partial charge in [-0.1, -0.05) is 0 Å². The molecular formula is C12H13Cl2Zr. The van der Waals surface area contributed by atoms with E-state index in [4.69, 9.17) is 17.0 Å². The Balaban J connectivity index is 1.94. The molecule has 1 aromatic carbocycles. The molecule has 1 aliphatic rings. The summed E-state index contributed by atoms with van der Waals surface area (Å²) in [4.78, 5) is 0. The van der Waals surface area contributed by atoms with Crippen LogP contribution in [-0.4, -0.2) is 0 Å². The molecule has 0 saturated heterocycles. The van der Waals surface area contributed by atoms with Crippen LogP contribution < -0.4 is 0 Å². The molecule has 1 aliphatic carbocycles. The fraction of sp³-hybridized carbons (Fsp3) is 0.333. The van der Waals surface area contributed by atoms with E-state index in [0.717, 1.165) is 4.13 Å². The number of rotatable bonds is 4. The van der Waals surface area contributed by atoms with Gasteiger partial charge >= 0.3 is 107 Å². The van der Waals surface area contributed by atoms with E-state index in [1.165, 1.54) is 24.0 Å². The first-order valence-corrected chi connectivity index (χ1v) is 13.3. The number of hydrogen-bond donors (Lipinski definition) is 0. The molecule has 15 heavy (non-hydrogen) atoms. The van der Waals surface area contributed by atoms with E-state index >= 15 is 0 Å². The van der Waals surface area contributed by atoms with E-state index in [2.05, 4.69) is 36.4 Å². The molecule has 0 nitrogen and oxygen atoms in total. The molecule has 0 saturated carbocycles. The van der Waals surface area contributed by atoms with Crippen molar-refractivity contribution in [3.63, 3.8) is 0 Å². The van der Waals surface area contributed by atoms with Crippen LogP contribution in [0.1, 0.15) is 29.9 Å². The molecule has 0 amide bonds. The van der Waals surface area contributed by atoms with Crippen molar-refractivity contribution in [3.8, 4) is 0 Å². The van der Waals surface area contributed by atoms with Crippen LogP contribution in [0.4, 0.5) is 0 Å². The normalized spacial score (nSPS) is 17.9. The van der Waals surface area contributed by atoms with Gasteiger partial charge in [0.2, 0.25) is 0 Å². The summed E-state index contributed by atoms with van der Waals surface area (Å²) in [5, 5.41) is 0. The van der Waals surface area contributed by atoms with Crippen molar-refractivity contribution in [2.45, 2.75) is 22.9 Å². The molecule has 0 fully saturated rings. The summed E-state index contributed by atoms with van der Waals surface area (Å²) in [7, 11) is 11.8. The summed E-state index contributed by atoms with van der Waals surface area (Å²) < 4.78 is 1.08. The fourth-order valence-corrected chi connectivity index (χ4v) is 4.77. The van der Waals surface area contributed by atoms with Gasteiger partial charge in [-0.05, 0) is 0 Å². The van der Waals surface area contributed by atoms with Gasteiger partial charge in [-0.25, -0.2) is 0 Å². The first kappa shape index (κ1) is 11.9. The van der Waals surface area contributed by atoms with E-state index in [1.54, 1.807) is 0 Å². The summed E-state index contributed by atoms with van der Waals surface area (Å²) in [6.45, 7) is 0. The Morgan fingerprint density at radius 2 is 2.00 bits per heavy atom. The average molecular weight is 319 g/mol.